The maximum Gasteiger partial charge on any atom is 0.338 e. The Morgan fingerprint density at radius 2 is 2.12 bits per heavy atom. The van der Waals surface area contributed by atoms with E-state index in [1.54, 1.807) is 6.07 Å². The zero-order valence-electron chi connectivity index (χ0n) is 18.3. The fourth-order valence-electron chi connectivity index (χ4n) is 4.23. The summed E-state index contributed by atoms with van der Waals surface area (Å²) in [5.74, 6) is 0.278. The second kappa shape index (κ2) is 8.71. The third-order valence-corrected chi connectivity index (χ3v) is 6.45. The predicted octanol–water partition coefficient (Wildman–Crippen LogP) is 3.82. The van der Waals surface area contributed by atoms with Crippen molar-refractivity contribution >= 4 is 28.2 Å². The average molecular weight is 462 g/mol. The number of thiazole rings is 1. The van der Waals surface area contributed by atoms with Gasteiger partial charge in [0.1, 0.15) is 11.9 Å². The third kappa shape index (κ3) is 4.21. The summed E-state index contributed by atoms with van der Waals surface area (Å²) in [4.78, 5) is 30.1. The van der Waals surface area contributed by atoms with Crippen LogP contribution in [0.5, 0.6) is 5.75 Å². The summed E-state index contributed by atoms with van der Waals surface area (Å²) in [5, 5.41) is 4.93. The summed E-state index contributed by atoms with van der Waals surface area (Å²) in [6, 6.07) is 11.5. The first-order chi connectivity index (χ1) is 16.0. The van der Waals surface area contributed by atoms with E-state index in [9.17, 15) is 9.59 Å². The first-order valence-electron chi connectivity index (χ1n) is 10.7. The Morgan fingerprint density at radius 1 is 1.27 bits per heavy atom. The van der Waals surface area contributed by atoms with Crippen LogP contribution in [0.3, 0.4) is 0 Å². The molecule has 2 aromatic carbocycles. The van der Waals surface area contributed by atoms with Crippen LogP contribution in [0, 0.1) is 6.92 Å². The van der Waals surface area contributed by atoms with E-state index in [0.29, 0.717) is 18.5 Å². The summed E-state index contributed by atoms with van der Waals surface area (Å²) in [5.41, 5.74) is 5.02. The molecule has 1 N–H and O–H groups in total. The number of hydrogen-bond acceptors (Lipinski definition) is 6. The lowest BCUT2D eigenvalue weighted by atomic mass is 9.94. The smallest absolute Gasteiger partial charge is 0.338 e. The standard InChI is InChI=1S/C25H23N3O4S/c1-15-9-16-11-18(13-26-22(29)12-17-14-28-7-8-33-25(28)27-17)32-23(16)21(10-15)19-5-3-4-6-20(19)24(30)31-2/h3-10,14,18H,11-13H2,1-2H3,(H,26,29). The van der Waals surface area contributed by atoms with Gasteiger partial charge in [-0.2, -0.15) is 0 Å². The van der Waals surface area contributed by atoms with Crippen molar-refractivity contribution in [1.82, 2.24) is 14.7 Å². The lowest BCUT2D eigenvalue weighted by molar-refractivity contribution is -0.120. The van der Waals surface area contributed by atoms with Crippen molar-refractivity contribution in [1.29, 1.82) is 0 Å². The number of esters is 1. The van der Waals surface area contributed by atoms with E-state index in [-0.39, 0.29) is 24.4 Å². The summed E-state index contributed by atoms with van der Waals surface area (Å²) < 4.78 is 13.1. The van der Waals surface area contributed by atoms with Crippen molar-refractivity contribution in [3.05, 3.63) is 76.6 Å². The number of aryl methyl sites for hydroxylation is 1. The van der Waals surface area contributed by atoms with Crippen LogP contribution in [0.4, 0.5) is 0 Å². The van der Waals surface area contributed by atoms with E-state index in [1.807, 2.05) is 53.4 Å². The molecule has 0 spiro atoms. The van der Waals surface area contributed by atoms with Crippen LogP contribution in [-0.4, -0.2) is 41.0 Å². The van der Waals surface area contributed by atoms with Gasteiger partial charge in [0, 0.05) is 29.8 Å². The summed E-state index contributed by atoms with van der Waals surface area (Å²) in [7, 11) is 1.38. The second-order valence-electron chi connectivity index (χ2n) is 8.09. The molecule has 0 saturated carbocycles. The quantitative estimate of drug-likeness (QED) is 0.442. The van der Waals surface area contributed by atoms with Crippen LogP contribution < -0.4 is 10.1 Å². The number of aromatic nitrogens is 2. The molecular formula is C25H23N3O4S. The third-order valence-electron chi connectivity index (χ3n) is 5.68. The number of benzene rings is 2. The Labute approximate surface area is 195 Å². The first-order valence-corrected chi connectivity index (χ1v) is 11.6. The predicted molar refractivity (Wildman–Crippen MR) is 126 cm³/mol. The molecule has 8 heteroatoms. The van der Waals surface area contributed by atoms with Crippen LogP contribution >= 0.6 is 11.3 Å². The van der Waals surface area contributed by atoms with E-state index in [0.717, 1.165) is 38.7 Å². The maximum atomic E-state index is 12.5. The number of imidazole rings is 1. The van der Waals surface area contributed by atoms with E-state index in [1.165, 1.54) is 18.4 Å². The summed E-state index contributed by atoms with van der Waals surface area (Å²) in [6.45, 7) is 2.42. The molecular weight excluding hydrogens is 438 g/mol. The summed E-state index contributed by atoms with van der Waals surface area (Å²) in [6.07, 6.45) is 4.53. The van der Waals surface area contributed by atoms with Gasteiger partial charge >= 0.3 is 5.97 Å². The van der Waals surface area contributed by atoms with E-state index >= 15 is 0 Å². The Morgan fingerprint density at radius 3 is 2.94 bits per heavy atom. The van der Waals surface area contributed by atoms with Crippen molar-refractivity contribution in [3.63, 3.8) is 0 Å². The van der Waals surface area contributed by atoms with Gasteiger partial charge in [-0.1, -0.05) is 24.3 Å². The number of carbonyl (C=O) groups is 2. The minimum Gasteiger partial charge on any atom is -0.487 e. The van der Waals surface area contributed by atoms with Gasteiger partial charge in [-0.25, -0.2) is 9.78 Å². The number of rotatable bonds is 6. The normalized spacial score (nSPS) is 14.7. The number of amides is 1. The topological polar surface area (TPSA) is 81.9 Å². The van der Waals surface area contributed by atoms with Crippen LogP contribution in [0.1, 0.15) is 27.2 Å². The fraction of sp³-hybridized carbons (Fsp3) is 0.240. The molecule has 4 aromatic rings. The van der Waals surface area contributed by atoms with Gasteiger partial charge in [0.15, 0.2) is 4.96 Å². The lowest BCUT2D eigenvalue weighted by Gasteiger charge is -2.15. The molecule has 168 valence electrons. The zero-order valence-corrected chi connectivity index (χ0v) is 19.1. The first kappa shape index (κ1) is 21.2. The van der Waals surface area contributed by atoms with Gasteiger partial charge in [0.2, 0.25) is 5.91 Å². The van der Waals surface area contributed by atoms with Crippen LogP contribution in [0.15, 0.2) is 54.2 Å². The van der Waals surface area contributed by atoms with Crippen LogP contribution in [0.25, 0.3) is 16.1 Å². The minimum absolute atomic E-state index is 0.0900. The molecule has 0 bridgehead atoms. The highest BCUT2D eigenvalue weighted by Crippen LogP contribution is 2.41. The number of hydrogen-bond donors (Lipinski definition) is 1. The molecule has 0 fully saturated rings. The van der Waals surface area contributed by atoms with Gasteiger partial charge in [-0.15, -0.1) is 11.3 Å². The molecule has 1 aliphatic heterocycles. The Kier molecular flexibility index (Phi) is 5.60. The Balaban J connectivity index is 1.30. The molecule has 1 atom stereocenters. The number of fused-ring (bicyclic) bond motifs is 2. The van der Waals surface area contributed by atoms with Crippen molar-refractivity contribution in [2.45, 2.75) is 25.9 Å². The SMILES string of the molecule is COC(=O)c1ccccc1-c1cc(C)cc2c1OC(CNC(=O)Cc1cn3ccsc3n1)C2. The van der Waals surface area contributed by atoms with Gasteiger partial charge in [-0.05, 0) is 35.7 Å². The van der Waals surface area contributed by atoms with Crippen molar-refractivity contribution < 1.29 is 19.1 Å². The maximum absolute atomic E-state index is 12.5. The van der Waals surface area contributed by atoms with E-state index in [4.69, 9.17) is 9.47 Å². The molecule has 0 radical (unpaired) electrons. The van der Waals surface area contributed by atoms with Crippen molar-refractivity contribution in [2.24, 2.45) is 0 Å². The number of ether oxygens (including phenoxy) is 2. The van der Waals surface area contributed by atoms with Gasteiger partial charge in [-0.3, -0.25) is 9.20 Å². The second-order valence-corrected chi connectivity index (χ2v) is 8.96. The molecule has 1 amide bonds. The van der Waals surface area contributed by atoms with Crippen molar-refractivity contribution in [2.75, 3.05) is 13.7 Å². The average Bonchev–Trinajstić information content (AvgIpc) is 3.51. The molecule has 3 heterocycles. The molecule has 0 aliphatic carbocycles. The molecule has 7 nitrogen and oxygen atoms in total. The van der Waals surface area contributed by atoms with Crippen LogP contribution in [-0.2, 0) is 22.4 Å². The number of carbonyl (C=O) groups excluding carboxylic acids is 2. The molecule has 33 heavy (non-hydrogen) atoms. The Hall–Kier alpha value is -3.65. The largest absolute Gasteiger partial charge is 0.487 e. The van der Waals surface area contributed by atoms with Crippen molar-refractivity contribution in [3.8, 4) is 16.9 Å². The highest BCUT2D eigenvalue weighted by molar-refractivity contribution is 7.15. The van der Waals surface area contributed by atoms with E-state index < -0.39 is 0 Å². The molecule has 1 unspecified atom stereocenters. The zero-order chi connectivity index (χ0) is 22.9. The number of methoxy groups -OCH3 is 1. The summed E-state index contributed by atoms with van der Waals surface area (Å²) >= 11 is 1.54. The molecule has 0 saturated heterocycles. The van der Waals surface area contributed by atoms with Gasteiger partial charge in [0.05, 0.1) is 31.3 Å². The van der Waals surface area contributed by atoms with Crippen LogP contribution in [0.2, 0.25) is 0 Å². The number of nitrogens with zero attached hydrogens (tertiary/aromatic N) is 2. The monoisotopic (exact) mass is 461 g/mol. The Bertz CT molecular complexity index is 1330. The number of nitrogens with one attached hydrogen (secondary N) is 1. The minimum atomic E-state index is -0.387. The molecule has 1 aliphatic rings. The highest BCUT2D eigenvalue weighted by Gasteiger charge is 2.28. The van der Waals surface area contributed by atoms with Gasteiger partial charge < -0.3 is 14.8 Å². The molecule has 2 aromatic heterocycles. The molecule has 5 rings (SSSR count). The van der Waals surface area contributed by atoms with Gasteiger partial charge in [0.25, 0.3) is 0 Å². The lowest BCUT2D eigenvalue weighted by Crippen LogP contribution is -2.35. The fourth-order valence-corrected chi connectivity index (χ4v) is 4.95. The highest BCUT2D eigenvalue weighted by atomic mass is 32.1. The van der Waals surface area contributed by atoms with E-state index in [2.05, 4.69) is 16.4 Å².